The number of nitrogens with two attached hydrogens (primary N) is 1. The summed E-state index contributed by atoms with van der Waals surface area (Å²) < 4.78 is 0. The number of carbonyl (C=O) groups is 4. The molecule has 0 saturated heterocycles. The summed E-state index contributed by atoms with van der Waals surface area (Å²) in [5.41, 5.74) is 6.68. The second-order valence-corrected chi connectivity index (χ2v) is 9.44. The normalized spacial score (nSPS) is 15.3. The van der Waals surface area contributed by atoms with Gasteiger partial charge >= 0.3 is 5.97 Å². The van der Waals surface area contributed by atoms with Gasteiger partial charge in [0, 0.05) is 12.2 Å². The second kappa shape index (κ2) is 15.6. The third-order valence-corrected chi connectivity index (χ3v) is 6.48. The molecule has 0 aliphatic heterocycles. The number of hydrogen-bond acceptors (Lipinski definition) is 7. The molecule has 0 aliphatic carbocycles. The van der Waals surface area contributed by atoms with E-state index in [1.165, 1.54) is 0 Å². The number of thioether (sulfide) groups is 1. The maximum atomic E-state index is 13.0. The summed E-state index contributed by atoms with van der Waals surface area (Å²) in [6, 6.07) is 5.01. The smallest absolute Gasteiger partial charge is 0.326 e. The highest BCUT2D eigenvalue weighted by atomic mass is 32.2. The highest BCUT2D eigenvalue weighted by Gasteiger charge is 2.32. The molecule has 190 valence electrons. The van der Waals surface area contributed by atoms with Crippen LogP contribution in [-0.4, -0.2) is 70.7 Å². The van der Waals surface area contributed by atoms with Gasteiger partial charge in [-0.2, -0.15) is 24.4 Å². The van der Waals surface area contributed by atoms with Gasteiger partial charge in [-0.3, -0.25) is 14.4 Å². The Labute approximate surface area is 210 Å². The zero-order valence-electron chi connectivity index (χ0n) is 19.8. The minimum absolute atomic E-state index is 0.0519. The van der Waals surface area contributed by atoms with Gasteiger partial charge < -0.3 is 26.8 Å². The summed E-state index contributed by atoms with van der Waals surface area (Å²) in [5.74, 6) is -2.40. The number of amides is 3. The molecule has 3 amide bonds. The highest BCUT2D eigenvalue weighted by molar-refractivity contribution is 7.98. The van der Waals surface area contributed by atoms with Gasteiger partial charge in [0.2, 0.25) is 17.7 Å². The first-order valence-corrected chi connectivity index (χ1v) is 13.2. The lowest BCUT2D eigenvalue weighted by molar-refractivity contribution is -0.142. The van der Waals surface area contributed by atoms with Crippen LogP contribution in [0.1, 0.15) is 32.3 Å². The lowest BCUT2D eigenvalue weighted by Gasteiger charge is -2.27. The molecular weight excluding hydrogens is 476 g/mol. The quantitative estimate of drug-likeness (QED) is 0.190. The van der Waals surface area contributed by atoms with Crippen molar-refractivity contribution in [3.05, 3.63) is 35.9 Å². The number of carboxylic acids is 1. The molecule has 0 aromatic heterocycles. The molecule has 1 aromatic carbocycles. The molecule has 34 heavy (non-hydrogen) atoms. The van der Waals surface area contributed by atoms with E-state index < -0.39 is 47.9 Å². The van der Waals surface area contributed by atoms with E-state index in [0.29, 0.717) is 18.6 Å². The molecule has 0 radical (unpaired) electrons. The van der Waals surface area contributed by atoms with Crippen LogP contribution >= 0.6 is 24.4 Å². The van der Waals surface area contributed by atoms with Crippen molar-refractivity contribution in [3.8, 4) is 0 Å². The van der Waals surface area contributed by atoms with E-state index in [-0.39, 0.29) is 18.1 Å². The topological polar surface area (TPSA) is 151 Å². The average molecular weight is 513 g/mol. The molecule has 11 heteroatoms. The molecule has 1 aromatic rings. The molecule has 9 nitrogen and oxygen atoms in total. The van der Waals surface area contributed by atoms with Gasteiger partial charge in [-0.25, -0.2) is 4.79 Å². The van der Waals surface area contributed by atoms with Crippen LogP contribution in [-0.2, 0) is 25.6 Å². The van der Waals surface area contributed by atoms with E-state index >= 15 is 0 Å². The van der Waals surface area contributed by atoms with Crippen molar-refractivity contribution in [2.24, 2.45) is 11.7 Å². The van der Waals surface area contributed by atoms with Crippen LogP contribution in [0, 0.1) is 5.92 Å². The Kier molecular flexibility index (Phi) is 13.7. The van der Waals surface area contributed by atoms with Crippen LogP contribution in [0.5, 0.6) is 0 Å². The van der Waals surface area contributed by atoms with Crippen LogP contribution in [0.2, 0.25) is 0 Å². The number of aliphatic carboxylic acids is 1. The fourth-order valence-electron chi connectivity index (χ4n) is 3.12. The first-order valence-electron chi connectivity index (χ1n) is 11.2. The molecule has 5 atom stereocenters. The molecule has 0 aliphatic rings. The first kappa shape index (κ1) is 29.8. The summed E-state index contributed by atoms with van der Waals surface area (Å²) in [4.78, 5) is 49.9. The molecule has 0 fully saturated rings. The second-order valence-electron chi connectivity index (χ2n) is 8.09. The number of nitrogens with one attached hydrogen (secondary N) is 3. The first-order chi connectivity index (χ1) is 16.1. The maximum Gasteiger partial charge on any atom is 0.326 e. The van der Waals surface area contributed by atoms with Crippen molar-refractivity contribution in [2.45, 2.75) is 57.3 Å². The van der Waals surface area contributed by atoms with Crippen LogP contribution in [0.25, 0.3) is 0 Å². The predicted octanol–water partition coefficient (Wildman–Crippen LogP) is 0.824. The van der Waals surface area contributed by atoms with E-state index in [4.69, 9.17) is 5.73 Å². The standard InChI is InChI=1S/C23H36N4O5S2/c1-4-14(2)19(27-20(28)16(24)10-11-34-3)22(30)26-18(13-33)21(29)25-17(23(31)32)12-15-8-6-5-7-9-15/h5-9,14,16-19,33H,4,10-13,24H2,1-3H3,(H,25,29)(H,26,30)(H,27,28)(H,31,32). The summed E-state index contributed by atoms with van der Waals surface area (Å²) in [7, 11) is 0. The molecule has 0 saturated carbocycles. The van der Waals surface area contributed by atoms with E-state index in [0.717, 1.165) is 5.56 Å². The molecular formula is C23H36N4O5S2. The Morgan fingerprint density at radius 3 is 2.18 bits per heavy atom. The van der Waals surface area contributed by atoms with Gasteiger partial charge in [-0.05, 0) is 29.9 Å². The Bertz CT molecular complexity index is 812. The van der Waals surface area contributed by atoms with Crippen molar-refractivity contribution in [3.63, 3.8) is 0 Å². The highest BCUT2D eigenvalue weighted by Crippen LogP contribution is 2.10. The minimum atomic E-state index is -1.19. The number of hydrogen-bond donors (Lipinski definition) is 6. The fraction of sp³-hybridized carbons (Fsp3) is 0.565. The van der Waals surface area contributed by atoms with Crippen molar-refractivity contribution in [2.75, 3.05) is 17.8 Å². The van der Waals surface area contributed by atoms with Crippen LogP contribution in [0.4, 0.5) is 0 Å². The SMILES string of the molecule is CCC(C)C(NC(=O)C(N)CCSC)C(=O)NC(CS)C(=O)NC(Cc1ccccc1)C(=O)O. The Balaban J connectivity index is 2.86. The number of thiol groups is 1. The van der Waals surface area contributed by atoms with Gasteiger partial charge in [-0.15, -0.1) is 0 Å². The van der Waals surface area contributed by atoms with Crippen LogP contribution in [0.15, 0.2) is 30.3 Å². The molecule has 6 N–H and O–H groups in total. The minimum Gasteiger partial charge on any atom is -0.480 e. The third-order valence-electron chi connectivity index (χ3n) is 5.48. The molecule has 1 rings (SSSR count). The Morgan fingerprint density at radius 1 is 1.03 bits per heavy atom. The average Bonchev–Trinajstić information content (AvgIpc) is 2.83. The summed E-state index contributed by atoms with van der Waals surface area (Å²) >= 11 is 5.73. The Hall–Kier alpha value is -2.24. The van der Waals surface area contributed by atoms with Crippen LogP contribution < -0.4 is 21.7 Å². The summed E-state index contributed by atoms with van der Waals surface area (Å²) in [6.45, 7) is 3.70. The largest absolute Gasteiger partial charge is 0.480 e. The Morgan fingerprint density at radius 2 is 1.65 bits per heavy atom. The van der Waals surface area contributed by atoms with Crippen molar-refractivity contribution in [1.29, 1.82) is 0 Å². The van der Waals surface area contributed by atoms with E-state index in [9.17, 15) is 24.3 Å². The van der Waals surface area contributed by atoms with Crippen molar-refractivity contribution in [1.82, 2.24) is 16.0 Å². The predicted molar refractivity (Wildman–Crippen MR) is 138 cm³/mol. The zero-order chi connectivity index (χ0) is 25.7. The summed E-state index contributed by atoms with van der Waals surface area (Å²) in [5, 5.41) is 17.3. The third kappa shape index (κ3) is 9.94. The maximum absolute atomic E-state index is 13.0. The van der Waals surface area contributed by atoms with E-state index in [1.54, 1.807) is 36.0 Å². The number of carbonyl (C=O) groups excluding carboxylic acids is 3. The lowest BCUT2D eigenvalue weighted by atomic mass is 9.97. The van der Waals surface area contributed by atoms with Gasteiger partial charge in [0.1, 0.15) is 18.1 Å². The van der Waals surface area contributed by atoms with Gasteiger partial charge in [0.15, 0.2) is 0 Å². The molecule has 0 heterocycles. The number of carboxylic acid groups (broad SMARTS) is 1. The van der Waals surface area contributed by atoms with Crippen molar-refractivity contribution >= 4 is 48.1 Å². The number of benzene rings is 1. The van der Waals surface area contributed by atoms with Gasteiger partial charge in [-0.1, -0.05) is 50.6 Å². The van der Waals surface area contributed by atoms with E-state index in [1.807, 2.05) is 26.2 Å². The number of rotatable bonds is 15. The molecule has 5 unspecified atom stereocenters. The van der Waals surface area contributed by atoms with E-state index in [2.05, 4.69) is 28.6 Å². The fourth-order valence-corrected chi connectivity index (χ4v) is 3.86. The molecule has 0 bridgehead atoms. The molecule has 0 spiro atoms. The zero-order valence-corrected chi connectivity index (χ0v) is 21.5. The van der Waals surface area contributed by atoms with Gasteiger partial charge in [0.25, 0.3) is 0 Å². The van der Waals surface area contributed by atoms with Crippen LogP contribution in [0.3, 0.4) is 0 Å². The summed E-state index contributed by atoms with van der Waals surface area (Å²) in [6.07, 6.45) is 3.09. The lowest BCUT2D eigenvalue weighted by Crippen LogP contribution is -2.59. The van der Waals surface area contributed by atoms with Crippen molar-refractivity contribution < 1.29 is 24.3 Å². The monoisotopic (exact) mass is 512 g/mol. The van der Waals surface area contributed by atoms with Gasteiger partial charge in [0.05, 0.1) is 6.04 Å².